The van der Waals surface area contributed by atoms with Crippen LogP contribution in [0.1, 0.15) is 23.7 Å². The number of imidazole rings is 1. The predicted octanol–water partition coefficient (Wildman–Crippen LogP) is 4.29. The highest BCUT2D eigenvalue weighted by atomic mass is 127. The number of hydrogen-bond acceptors (Lipinski definition) is 3. The normalized spacial score (nSPS) is 11.2. The van der Waals surface area contributed by atoms with Gasteiger partial charge < -0.3 is 19.8 Å². The van der Waals surface area contributed by atoms with Crippen molar-refractivity contribution in [3.63, 3.8) is 0 Å². The van der Waals surface area contributed by atoms with Crippen LogP contribution in [0.25, 0.3) is 5.65 Å². The van der Waals surface area contributed by atoms with Gasteiger partial charge in [-0.2, -0.15) is 0 Å². The van der Waals surface area contributed by atoms with Gasteiger partial charge in [0.1, 0.15) is 11.4 Å². The molecule has 8 heteroatoms. The Labute approximate surface area is 191 Å². The summed E-state index contributed by atoms with van der Waals surface area (Å²) in [5.41, 5.74) is 4.14. The lowest BCUT2D eigenvalue weighted by molar-refractivity contribution is 0.336. The zero-order valence-corrected chi connectivity index (χ0v) is 20.1. The van der Waals surface area contributed by atoms with Crippen LogP contribution in [0.3, 0.4) is 0 Å². The van der Waals surface area contributed by atoms with E-state index in [1.165, 1.54) is 5.56 Å². The third-order valence-electron chi connectivity index (χ3n) is 4.09. The number of nitrogens with zero attached hydrogens (tertiary/aromatic N) is 3. The van der Waals surface area contributed by atoms with Gasteiger partial charge in [-0.25, -0.2) is 4.98 Å². The molecule has 6 nitrogen and oxygen atoms in total. The Morgan fingerprint density at radius 2 is 1.96 bits per heavy atom. The van der Waals surface area contributed by atoms with Gasteiger partial charge in [-0.3, -0.25) is 4.99 Å². The van der Waals surface area contributed by atoms with Crippen molar-refractivity contribution in [3.05, 3.63) is 64.0 Å². The molecule has 2 aromatic heterocycles. The number of aliphatic imine (C=N–C) groups is 1. The third kappa shape index (κ3) is 5.84. The molecule has 0 radical (unpaired) electrons. The summed E-state index contributed by atoms with van der Waals surface area (Å²) in [6.07, 6.45) is 4.00. The number of benzene rings is 1. The summed E-state index contributed by atoms with van der Waals surface area (Å²) >= 11 is 3.48. The molecule has 3 aromatic rings. The van der Waals surface area contributed by atoms with E-state index in [0.29, 0.717) is 19.7 Å². The Morgan fingerprint density at radius 3 is 2.71 bits per heavy atom. The fourth-order valence-corrected chi connectivity index (χ4v) is 3.13. The zero-order valence-electron chi connectivity index (χ0n) is 16.2. The number of pyridine rings is 1. The Bertz CT molecular complexity index is 957. The second-order valence-electron chi connectivity index (χ2n) is 6.17. The molecule has 2 heterocycles. The Kier molecular flexibility index (Phi) is 8.56. The summed E-state index contributed by atoms with van der Waals surface area (Å²) in [6.45, 7) is 5.92. The number of nitrogens with one attached hydrogen (secondary N) is 2. The quantitative estimate of drug-likeness (QED) is 0.270. The van der Waals surface area contributed by atoms with E-state index >= 15 is 0 Å². The Morgan fingerprint density at radius 1 is 1.18 bits per heavy atom. The van der Waals surface area contributed by atoms with Crippen LogP contribution in [0.5, 0.6) is 5.75 Å². The molecule has 0 atom stereocenters. The van der Waals surface area contributed by atoms with Crippen LogP contribution in [-0.4, -0.2) is 29.0 Å². The minimum atomic E-state index is 0. The molecular weight excluding hydrogens is 533 g/mol. The molecule has 0 amide bonds. The molecule has 0 unspecified atom stereocenters. The first-order valence-electron chi connectivity index (χ1n) is 8.89. The molecule has 0 aliphatic carbocycles. The lowest BCUT2D eigenvalue weighted by Gasteiger charge is -2.14. The average Bonchev–Trinajstić information content (AvgIpc) is 3.05. The lowest BCUT2D eigenvalue weighted by Crippen LogP contribution is -2.36. The summed E-state index contributed by atoms with van der Waals surface area (Å²) in [7, 11) is 1.76. The first kappa shape index (κ1) is 22.5. The van der Waals surface area contributed by atoms with E-state index < -0.39 is 0 Å². The molecule has 0 saturated carbocycles. The molecule has 2 N–H and O–H groups in total. The van der Waals surface area contributed by atoms with Crippen molar-refractivity contribution in [1.82, 2.24) is 20.0 Å². The number of fused-ring (bicyclic) bond motifs is 1. The maximum Gasteiger partial charge on any atom is 0.191 e. The van der Waals surface area contributed by atoms with Crippen molar-refractivity contribution in [2.45, 2.75) is 26.9 Å². The second-order valence-corrected chi connectivity index (χ2v) is 7.08. The molecule has 0 fully saturated rings. The summed E-state index contributed by atoms with van der Waals surface area (Å²) in [4.78, 5) is 8.89. The van der Waals surface area contributed by atoms with Gasteiger partial charge >= 0.3 is 0 Å². The van der Waals surface area contributed by atoms with Gasteiger partial charge in [0.2, 0.25) is 0 Å². The number of aryl methyl sites for hydroxylation is 1. The number of rotatable bonds is 6. The van der Waals surface area contributed by atoms with E-state index in [2.05, 4.69) is 61.7 Å². The van der Waals surface area contributed by atoms with Crippen LogP contribution in [0.4, 0.5) is 0 Å². The van der Waals surface area contributed by atoms with Crippen molar-refractivity contribution < 1.29 is 4.74 Å². The largest absolute Gasteiger partial charge is 0.494 e. The number of hydrogen-bond donors (Lipinski definition) is 2. The van der Waals surface area contributed by atoms with E-state index in [1.807, 2.05) is 35.9 Å². The molecule has 0 bridgehead atoms. The van der Waals surface area contributed by atoms with Crippen LogP contribution in [-0.2, 0) is 13.1 Å². The van der Waals surface area contributed by atoms with Crippen LogP contribution in [0.15, 0.2) is 52.2 Å². The molecule has 0 aliphatic rings. The van der Waals surface area contributed by atoms with Gasteiger partial charge in [0.25, 0.3) is 0 Å². The van der Waals surface area contributed by atoms with Gasteiger partial charge in [0.05, 0.1) is 18.8 Å². The fourth-order valence-electron chi connectivity index (χ4n) is 2.77. The molecule has 3 rings (SSSR count). The smallest absolute Gasteiger partial charge is 0.191 e. The highest BCUT2D eigenvalue weighted by Crippen LogP contribution is 2.20. The SMILES string of the molecule is CCOc1cc(C)ccc1CNC(=NC)NCc1cn2cc(Br)ccc2n1.I. The first-order valence-corrected chi connectivity index (χ1v) is 9.68. The number of aromatic nitrogens is 2. The molecular formula is C20H25BrIN5O. The van der Waals surface area contributed by atoms with Crippen molar-refractivity contribution in [1.29, 1.82) is 0 Å². The minimum Gasteiger partial charge on any atom is -0.494 e. The van der Waals surface area contributed by atoms with Crippen LogP contribution in [0, 0.1) is 6.92 Å². The highest BCUT2D eigenvalue weighted by Gasteiger charge is 2.07. The van der Waals surface area contributed by atoms with Gasteiger partial charge in [-0.05, 0) is 53.5 Å². The van der Waals surface area contributed by atoms with E-state index in [0.717, 1.165) is 33.1 Å². The average molecular weight is 558 g/mol. The Hall–Kier alpha value is -1.81. The van der Waals surface area contributed by atoms with Gasteiger partial charge in [-0.15, -0.1) is 24.0 Å². The van der Waals surface area contributed by atoms with Crippen molar-refractivity contribution >= 4 is 51.5 Å². The van der Waals surface area contributed by atoms with Crippen LogP contribution < -0.4 is 15.4 Å². The number of halogens is 2. The third-order valence-corrected chi connectivity index (χ3v) is 4.56. The summed E-state index contributed by atoms with van der Waals surface area (Å²) in [6, 6.07) is 10.2. The predicted molar refractivity (Wildman–Crippen MR) is 128 cm³/mol. The maximum atomic E-state index is 5.74. The molecule has 0 saturated heterocycles. The van der Waals surface area contributed by atoms with E-state index in [4.69, 9.17) is 4.74 Å². The first-order chi connectivity index (χ1) is 13.1. The highest BCUT2D eigenvalue weighted by molar-refractivity contribution is 14.0. The monoisotopic (exact) mass is 557 g/mol. The minimum absolute atomic E-state index is 0. The zero-order chi connectivity index (χ0) is 19.2. The standard InChI is InChI=1S/C20H24BrN5O.HI/c1-4-27-18-9-14(2)5-6-15(18)10-23-20(22-3)24-11-17-13-26-12-16(21)7-8-19(26)25-17;/h5-9,12-13H,4,10-11H2,1-3H3,(H2,22,23,24);1H. The summed E-state index contributed by atoms with van der Waals surface area (Å²) in [5, 5.41) is 6.64. The van der Waals surface area contributed by atoms with Crippen molar-refractivity contribution in [3.8, 4) is 5.75 Å². The maximum absolute atomic E-state index is 5.74. The molecule has 1 aromatic carbocycles. The summed E-state index contributed by atoms with van der Waals surface area (Å²) < 4.78 is 8.76. The van der Waals surface area contributed by atoms with Gasteiger partial charge in [-0.1, -0.05) is 12.1 Å². The molecule has 0 spiro atoms. The fraction of sp³-hybridized carbons (Fsp3) is 0.300. The second kappa shape index (κ2) is 10.7. The Balaban J connectivity index is 0.00000280. The molecule has 150 valence electrons. The van der Waals surface area contributed by atoms with Crippen LogP contribution in [0.2, 0.25) is 0 Å². The van der Waals surface area contributed by atoms with Gasteiger partial charge in [0, 0.05) is 36.0 Å². The number of guanidine groups is 1. The summed E-state index contributed by atoms with van der Waals surface area (Å²) in [5.74, 6) is 1.63. The van der Waals surface area contributed by atoms with Crippen LogP contribution >= 0.6 is 39.9 Å². The van der Waals surface area contributed by atoms with Gasteiger partial charge in [0.15, 0.2) is 5.96 Å². The molecule has 0 aliphatic heterocycles. The van der Waals surface area contributed by atoms with E-state index in [-0.39, 0.29) is 24.0 Å². The lowest BCUT2D eigenvalue weighted by atomic mass is 10.1. The molecule has 28 heavy (non-hydrogen) atoms. The number of ether oxygens (including phenoxy) is 1. The van der Waals surface area contributed by atoms with E-state index in [9.17, 15) is 0 Å². The van der Waals surface area contributed by atoms with Crippen molar-refractivity contribution in [2.24, 2.45) is 4.99 Å². The topological polar surface area (TPSA) is 63.0 Å². The van der Waals surface area contributed by atoms with Crippen molar-refractivity contribution in [2.75, 3.05) is 13.7 Å². The van der Waals surface area contributed by atoms with E-state index in [1.54, 1.807) is 7.05 Å².